The first-order chi connectivity index (χ1) is 15.2. The van der Waals surface area contributed by atoms with Gasteiger partial charge in [-0.25, -0.2) is 4.79 Å². The van der Waals surface area contributed by atoms with Crippen LogP contribution in [0.2, 0.25) is 0 Å². The SMILES string of the molecule is C/C(=C\OC(=O)c1ccccc1)c1ccc2c(c1)C(C)(C)CCC2(C)C.C1CNCCN1. The molecule has 0 aromatic heterocycles. The molecule has 0 spiro atoms. The van der Waals surface area contributed by atoms with Crippen LogP contribution in [0.5, 0.6) is 0 Å². The van der Waals surface area contributed by atoms with Gasteiger partial charge >= 0.3 is 5.97 Å². The van der Waals surface area contributed by atoms with Gasteiger partial charge in [-0.3, -0.25) is 0 Å². The number of rotatable bonds is 3. The van der Waals surface area contributed by atoms with Crippen molar-refractivity contribution in [2.75, 3.05) is 26.2 Å². The molecule has 0 radical (unpaired) electrons. The Kier molecular flexibility index (Phi) is 7.91. The van der Waals surface area contributed by atoms with Crippen molar-refractivity contribution in [3.63, 3.8) is 0 Å². The van der Waals surface area contributed by atoms with Gasteiger partial charge in [0.2, 0.25) is 0 Å². The van der Waals surface area contributed by atoms with Crippen LogP contribution in [-0.4, -0.2) is 32.1 Å². The number of benzene rings is 2. The minimum Gasteiger partial charge on any atom is -0.431 e. The summed E-state index contributed by atoms with van der Waals surface area (Å²) in [6.45, 7) is 15.8. The summed E-state index contributed by atoms with van der Waals surface area (Å²) < 4.78 is 5.38. The van der Waals surface area contributed by atoms with Crippen molar-refractivity contribution in [1.82, 2.24) is 10.6 Å². The molecule has 0 bridgehead atoms. The maximum absolute atomic E-state index is 12.1. The monoisotopic (exact) mass is 434 g/mol. The van der Waals surface area contributed by atoms with Crippen LogP contribution in [0.4, 0.5) is 0 Å². The van der Waals surface area contributed by atoms with Crippen LogP contribution in [0.25, 0.3) is 5.57 Å². The van der Waals surface area contributed by atoms with Crippen molar-refractivity contribution in [3.8, 4) is 0 Å². The molecule has 0 amide bonds. The van der Waals surface area contributed by atoms with Gasteiger partial charge in [0.25, 0.3) is 0 Å². The highest BCUT2D eigenvalue weighted by molar-refractivity contribution is 5.90. The third-order valence-corrected chi connectivity index (χ3v) is 6.62. The van der Waals surface area contributed by atoms with Gasteiger partial charge in [-0.15, -0.1) is 0 Å². The molecule has 1 aliphatic heterocycles. The molecule has 4 nitrogen and oxygen atoms in total. The molecule has 4 rings (SSSR count). The summed E-state index contributed by atoms with van der Waals surface area (Å²) in [6, 6.07) is 15.7. The van der Waals surface area contributed by atoms with Gasteiger partial charge in [-0.05, 0) is 65.0 Å². The zero-order valence-electron chi connectivity index (χ0n) is 20.3. The number of esters is 1. The Bertz CT molecular complexity index is 930. The molecular formula is C28H38N2O2. The third-order valence-electron chi connectivity index (χ3n) is 6.62. The molecule has 1 fully saturated rings. The van der Waals surface area contributed by atoms with Crippen molar-refractivity contribution in [2.24, 2.45) is 0 Å². The molecule has 4 heteroatoms. The molecule has 1 heterocycles. The van der Waals surface area contributed by atoms with Gasteiger partial charge in [0.05, 0.1) is 11.8 Å². The summed E-state index contributed by atoms with van der Waals surface area (Å²) >= 11 is 0. The van der Waals surface area contributed by atoms with Crippen molar-refractivity contribution in [2.45, 2.75) is 58.3 Å². The molecule has 1 saturated heterocycles. The maximum atomic E-state index is 12.1. The third kappa shape index (κ3) is 6.08. The number of piperazine rings is 1. The van der Waals surface area contributed by atoms with Gasteiger partial charge in [0.15, 0.2) is 0 Å². The van der Waals surface area contributed by atoms with Crippen LogP contribution < -0.4 is 10.6 Å². The number of ether oxygens (including phenoxy) is 1. The smallest absolute Gasteiger partial charge is 0.342 e. The van der Waals surface area contributed by atoms with Crippen molar-refractivity contribution in [3.05, 3.63) is 77.0 Å². The average molecular weight is 435 g/mol. The first-order valence-electron chi connectivity index (χ1n) is 11.7. The molecule has 32 heavy (non-hydrogen) atoms. The summed E-state index contributed by atoms with van der Waals surface area (Å²) in [6.07, 6.45) is 3.95. The van der Waals surface area contributed by atoms with Gasteiger partial charge in [-0.1, -0.05) is 64.1 Å². The second kappa shape index (κ2) is 10.5. The summed E-state index contributed by atoms with van der Waals surface area (Å²) in [7, 11) is 0. The van der Waals surface area contributed by atoms with E-state index in [2.05, 4.69) is 56.5 Å². The number of hydrogen-bond donors (Lipinski definition) is 2. The first-order valence-corrected chi connectivity index (χ1v) is 11.7. The minimum atomic E-state index is -0.329. The summed E-state index contributed by atoms with van der Waals surface area (Å²) in [5.74, 6) is -0.329. The van der Waals surface area contributed by atoms with E-state index < -0.39 is 0 Å². The van der Waals surface area contributed by atoms with E-state index in [4.69, 9.17) is 4.74 Å². The highest BCUT2D eigenvalue weighted by Crippen LogP contribution is 2.46. The lowest BCUT2D eigenvalue weighted by Gasteiger charge is -2.42. The number of hydrogen-bond acceptors (Lipinski definition) is 4. The fourth-order valence-electron chi connectivity index (χ4n) is 4.29. The van der Waals surface area contributed by atoms with Gasteiger partial charge in [0, 0.05) is 26.2 Å². The number of allylic oxidation sites excluding steroid dienone is 1. The van der Waals surface area contributed by atoms with E-state index in [1.165, 1.54) is 24.0 Å². The van der Waals surface area contributed by atoms with E-state index in [1.807, 2.05) is 25.1 Å². The van der Waals surface area contributed by atoms with Gasteiger partial charge < -0.3 is 15.4 Å². The Morgan fingerprint density at radius 1 is 0.812 bits per heavy atom. The highest BCUT2D eigenvalue weighted by atomic mass is 16.5. The Morgan fingerprint density at radius 2 is 1.38 bits per heavy atom. The standard InChI is InChI=1S/C24H28O2.C4H10N2/c1-17(16-26-22(25)18-9-7-6-8-10-18)19-11-12-20-21(15-19)24(4,5)14-13-23(20,2)3;1-2-6-4-3-5-1/h6-12,15-16H,13-14H2,1-5H3;5-6H,1-4H2/b17-16+;. The fourth-order valence-corrected chi connectivity index (χ4v) is 4.29. The molecule has 172 valence electrons. The molecule has 1 aliphatic carbocycles. The fraction of sp³-hybridized carbons (Fsp3) is 0.464. The molecule has 0 unspecified atom stereocenters. The molecule has 0 saturated carbocycles. The molecular weight excluding hydrogens is 396 g/mol. The average Bonchev–Trinajstić information content (AvgIpc) is 2.82. The lowest BCUT2D eigenvalue weighted by molar-refractivity contribution is 0.0664. The number of carbonyl (C=O) groups is 1. The number of nitrogens with one attached hydrogen (secondary N) is 2. The van der Waals surface area contributed by atoms with Crippen molar-refractivity contribution >= 4 is 11.5 Å². The molecule has 2 N–H and O–H groups in total. The first kappa shape index (κ1) is 24.2. The minimum absolute atomic E-state index is 0.169. The lowest BCUT2D eigenvalue weighted by Crippen LogP contribution is -2.39. The second-order valence-corrected chi connectivity index (χ2v) is 10.1. The zero-order chi connectivity index (χ0) is 23.2. The van der Waals surface area contributed by atoms with Gasteiger partial charge in [-0.2, -0.15) is 0 Å². The highest BCUT2D eigenvalue weighted by Gasteiger charge is 2.36. The molecule has 2 aromatic rings. The summed E-state index contributed by atoms with van der Waals surface area (Å²) in [5, 5.41) is 6.44. The quantitative estimate of drug-likeness (QED) is 0.499. The molecule has 0 atom stereocenters. The topological polar surface area (TPSA) is 50.4 Å². The van der Waals surface area contributed by atoms with E-state index in [-0.39, 0.29) is 16.8 Å². The predicted molar refractivity (Wildman–Crippen MR) is 133 cm³/mol. The van der Waals surface area contributed by atoms with Crippen LogP contribution >= 0.6 is 0 Å². The normalized spacial score (nSPS) is 19.2. The van der Waals surface area contributed by atoms with E-state index >= 15 is 0 Å². The number of carbonyl (C=O) groups excluding carboxylic acids is 1. The van der Waals surface area contributed by atoms with E-state index in [9.17, 15) is 4.79 Å². The van der Waals surface area contributed by atoms with Crippen LogP contribution in [0, 0.1) is 0 Å². The lowest BCUT2D eigenvalue weighted by atomic mass is 9.63. The van der Waals surface area contributed by atoms with E-state index in [0.29, 0.717) is 5.56 Å². The Hall–Kier alpha value is -2.43. The van der Waals surface area contributed by atoms with Crippen molar-refractivity contribution in [1.29, 1.82) is 0 Å². The largest absolute Gasteiger partial charge is 0.431 e. The summed E-state index contributed by atoms with van der Waals surface area (Å²) in [4.78, 5) is 12.1. The van der Waals surface area contributed by atoms with E-state index in [1.54, 1.807) is 18.4 Å². The van der Waals surface area contributed by atoms with Crippen LogP contribution in [0.3, 0.4) is 0 Å². The molecule has 2 aromatic carbocycles. The Morgan fingerprint density at radius 3 is 1.94 bits per heavy atom. The number of fused-ring (bicyclic) bond motifs is 1. The molecule has 2 aliphatic rings. The summed E-state index contributed by atoms with van der Waals surface area (Å²) in [5.41, 5.74) is 5.85. The Labute approximate surface area is 193 Å². The maximum Gasteiger partial charge on any atom is 0.342 e. The van der Waals surface area contributed by atoms with Gasteiger partial charge in [0.1, 0.15) is 0 Å². The van der Waals surface area contributed by atoms with Crippen molar-refractivity contribution < 1.29 is 9.53 Å². The Balaban J connectivity index is 0.000000416. The van der Waals surface area contributed by atoms with Crippen LogP contribution in [0.1, 0.15) is 74.5 Å². The van der Waals surface area contributed by atoms with Crippen LogP contribution in [0.15, 0.2) is 54.8 Å². The second-order valence-electron chi connectivity index (χ2n) is 10.1. The van der Waals surface area contributed by atoms with Crippen LogP contribution in [-0.2, 0) is 15.6 Å². The predicted octanol–water partition coefficient (Wildman–Crippen LogP) is 5.43. The zero-order valence-corrected chi connectivity index (χ0v) is 20.3. The van der Waals surface area contributed by atoms with E-state index in [0.717, 1.165) is 37.3 Å².